The Hall–Kier alpha value is -7.09. The first-order valence-electron chi connectivity index (χ1n) is 16.6. The van der Waals surface area contributed by atoms with Gasteiger partial charge in [-0.25, -0.2) is 0 Å². The van der Waals surface area contributed by atoms with Crippen molar-refractivity contribution in [2.24, 2.45) is 0 Å². The van der Waals surface area contributed by atoms with E-state index >= 15 is 0 Å². The quantitative estimate of drug-likeness (QED) is 0.186. The Labute approximate surface area is 296 Å². The Morgan fingerprint density at radius 1 is 0.442 bits per heavy atom. The molecule has 7 heteroatoms. The molecule has 0 atom stereocenters. The van der Waals surface area contributed by atoms with E-state index in [1.165, 1.54) is 16.8 Å². The van der Waals surface area contributed by atoms with E-state index in [2.05, 4.69) is 106 Å². The van der Waals surface area contributed by atoms with E-state index in [1.807, 2.05) is 30.3 Å². The summed E-state index contributed by atoms with van der Waals surface area (Å²) in [6.07, 6.45) is -4.60. The van der Waals surface area contributed by atoms with Crippen LogP contribution in [0.4, 0.5) is 13.2 Å². The van der Waals surface area contributed by atoms with Gasteiger partial charge < -0.3 is 9.13 Å². The Kier molecular flexibility index (Phi) is 7.00. The number of nitrogens with zero attached hydrogens (tertiary/aromatic N) is 4. The zero-order valence-electron chi connectivity index (χ0n) is 27.4. The molecule has 0 aliphatic carbocycles. The number of para-hydroxylation sites is 4. The first kappa shape index (κ1) is 30.9. The van der Waals surface area contributed by atoms with Crippen molar-refractivity contribution < 1.29 is 13.2 Å². The smallest absolute Gasteiger partial charge is 0.309 e. The Morgan fingerprint density at radius 2 is 1.00 bits per heavy atom. The predicted octanol–water partition coefficient (Wildman–Crippen LogP) is 12.0. The van der Waals surface area contributed by atoms with E-state index in [0.717, 1.165) is 61.8 Å². The molecule has 0 fully saturated rings. The second kappa shape index (κ2) is 11.8. The highest BCUT2D eigenvalue weighted by molar-refractivity contribution is 6.12. The van der Waals surface area contributed by atoms with Crippen molar-refractivity contribution in [3.8, 4) is 45.8 Å². The van der Waals surface area contributed by atoms with Crippen LogP contribution in [-0.2, 0) is 6.18 Å². The Bertz CT molecular complexity index is 2930. The SMILES string of the molecule is N#Cc1ccc(-n2c3ccccc3c3cc(-c4ccccc4-n4c5ccccc5c5ccccc54)ccc32)c(-c2ccc(C(F)(F)F)cc2C#N)c1. The molecule has 0 unspecified atom stereocenters. The van der Waals surface area contributed by atoms with Gasteiger partial charge in [0.1, 0.15) is 0 Å². The largest absolute Gasteiger partial charge is 0.416 e. The molecule has 9 rings (SSSR count). The molecule has 52 heavy (non-hydrogen) atoms. The highest BCUT2D eigenvalue weighted by Gasteiger charge is 2.31. The molecular weight excluding hydrogens is 654 g/mol. The first-order valence-corrected chi connectivity index (χ1v) is 16.6. The van der Waals surface area contributed by atoms with Gasteiger partial charge in [-0.3, -0.25) is 0 Å². The molecule has 2 heterocycles. The third-order valence-electron chi connectivity index (χ3n) is 9.83. The number of benzene rings is 7. The lowest BCUT2D eigenvalue weighted by molar-refractivity contribution is -0.137. The second-order valence-corrected chi connectivity index (χ2v) is 12.7. The molecule has 0 N–H and O–H groups in total. The summed E-state index contributed by atoms with van der Waals surface area (Å²) >= 11 is 0. The van der Waals surface area contributed by atoms with Gasteiger partial charge in [-0.2, -0.15) is 23.7 Å². The molecule has 0 saturated carbocycles. The third-order valence-corrected chi connectivity index (χ3v) is 9.83. The molecular formula is C45H25F3N4. The summed E-state index contributed by atoms with van der Waals surface area (Å²) in [7, 11) is 0. The van der Waals surface area contributed by atoms with E-state index in [1.54, 1.807) is 18.2 Å². The van der Waals surface area contributed by atoms with Crippen molar-refractivity contribution in [3.05, 3.63) is 168 Å². The van der Waals surface area contributed by atoms with Gasteiger partial charge in [0.25, 0.3) is 0 Å². The average Bonchev–Trinajstić information content (AvgIpc) is 3.69. The highest BCUT2D eigenvalue weighted by atomic mass is 19.4. The molecule has 7 aromatic carbocycles. The number of aromatic nitrogens is 2. The summed E-state index contributed by atoms with van der Waals surface area (Å²) < 4.78 is 45.3. The minimum absolute atomic E-state index is 0.129. The van der Waals surface area contributed by atoms with Crippen LogP contribution in [0.25, 0.3) is 77.2 Å². The molecule has 246 valence electrons. The van der Waals surface area contributed by atoms with Gasteiger partial charge >= 0.3 is 6.18 Å². The van der Waals surface area contributed by atoms with Crippen molar-refractivity contribution >= 4 is 43.6 Å². The maximum atomic E-state index is 13.6. The lowest BCUT2D eigenvalue weighted by Crippen LogP contribution is -2.06. The Balaban J connectivity index is 1.28. The van der Waals surface area contributed by atoms with Crippen molar-refractivity contribution in [1.82, 2.24) is 9.13 Å². The van der Waals surface area contributed by atoms with E-state index in [4.69, 9.17) is 0 Å². The van der Waals surface area contributed by atoms with Crippen molar-refractivity contribution in [3.63, 3.8) is 0 Å². The fraction of sp³-hybridized carbons (Fsp3) is 0.0222. The van der Waals surface area contributed by atoms with Gasteiger partial charge in [0.2, 0.25) is 0 Å². The summed E-state index contributed by atoms with van der Waals surface area (Å²) in [5.41, 5.74) is 7.81. The van der Waals surface area contributed by atoms with Gasteiger partial charge in [-0.05, 0) is 72.3 Å². The van der Waals surface area contributed by atoms with E-state index in [-0.39, 0.29) is 5.56 Å². The molecule has 0 radical (unpaired) electrons. The summed E-state index contributed by atoms with van der Waals surface area (Å²) in [6.45, 7) is 0. The summed E-state index contributed by atoms with van der Waals surface area (Å²) in [5, 5.41) is 24.2. The number of fused-ring (bicyclic) bond motifs is 6. The maximum Gasteiger partial charge on any atom is 0.416 e. The normalized spacial score (nSPS) is 11.7. The fourth-order valence-electron chi connectivity index (χ4n) is 7.56. The molecule has 0 bridgehead atoms. The van der Waals surface area contributed by atoms with Gasteiger partial charge in [-0.1, -0.05) is 84.9 Å². The maximum absolute atomic E-state index is 13.6. The van der Waals surface area contributed by atoms with Crippen LogP contribution in [0, 0.1) is 22.7 Å². The van der Waals surface area contributed by atoms with Crippen LogP contribution < -0.4 is 0 Å². The number of halogens is 3. The van der Waals surface area contributed by atoms with Gasteiger partial charge in [0.15, 0.2) is 0 Å². The van der Waals surface area contributed by atoms with E-state index in [0.29, 0.717) is 22.4 Å². The third kappa shape index (κ3) is 4.75. The van der Waals surface area contributed by atoms with E-state index in [9.17, 15) is 23.7 Å². The number of hydrogen-bond acceptors (Lipinski definition) is 2. The average molecular weight is 679 g/mol. The molecule has 0 amide bonds. The lowest BCUT2D eigenvalue weighted by atomic mass is 9.95. The van der Waals surface area contributed by atoms with E-state index < -0.39 is 11.7 Å². The minimum atomic E-state index is -4.60. The second-order valence-electron chi connectivity index (χ2n) is 12.7. The zero-order chi connectivity index (χ0) is 35.6. The van der Waals surface area contributed by atoms with Crippen LogP contribution in [0.15, 0.2) is 152 Å². The van der Waals surface area contributed by atoms with Gasteiger partial charge in [0, 0.05) is 38.2 Å². The van der Waals surface area contributed by atoms with Crippen LogP contribution in [0.5, 0.6) is 0 Å². The molecule has 4 nitrogen and oxygen atoms in total. The summed E-state index contributed by atoms with van der Waals surface area (Å²) in [5.74, 6) is 0. The highest BCUT2D eigenvalue weighted by Crippen LogP contribution is 2.42. The first-order chi connectivity index (χ1) is 25.4. The number of hydrogen-bond donors (Lipinski definition) is 0. The van der Waals surface area contributed by atoms with Crippen molar-refractivity contribution in [2.75, 3.05) is 0 Å². The topological polar surface area (TPSA) is 57.4 Å². The molecule has 0 saturated heterocycles. The van der Waals surface area contributed by atoms with Crippen molar-refractivity contribution in [2.45, 2.75) is 6.18 Å². The monoisotopic (exact) mass is 678 g/mol. The van der Waals surface area contributed by atoms with Crippen LogP contribution in [0.3, 0.4) is 0 Å². The van der Waals surface area contributed by atoms with Gasteiger partial charge in [0.05, 0.1) is 62.3 Å². The minimum Gasteiger partial charge on any atom is -0.309 e. The Morgan fingerprint density at radius 3 is 1.62 bits per heavy atom. The zero-order valence-corrected chi connectivity index (χ0v) is 27.4. The molecule has 9 aromatic rings. The number of nitriles is 2. The van der Waals surface area contributed by atoms with Crippen LogP contribution in [0.2, 0.25) is 0 Å². The molecule has 0 spiro atoms. The van der Waals surface area contributed by atoms with Crippen molar-refractivity contribution in [1.29, 1.82) is 10.5 Å². The lowest BCUT2D eigenvalue weighted by Gasteiger charge is -2.17. The summed E-state index contributed by atoms with van der Waals surface area (Å²) in [4.78, 5) is 0. The molecule has 0 aliphatic heterocycles. The number of alkyl halides is 3. The number of rotatable bonds is 4. The predicted molar refractivity (Wildman–Crippen MR) is 200 cm³/mol. The van der Waals surface area contributed by atoms with Crippen LogP contribution in [-0.4, -0.2) is 9.13 Å². The molecule has 2 aromatic heterocycles. The van der Waals surface area contributed by atoms with Gasteiger partial charge in [-0.15, -0.1) is 0 Å². The summed E-state index contributed by atoms with van der Waals surface area (Å²) in [6, 6.07) is 51.9. The molecule has 0 aliphatic rings. The van der Waals surface area contributed by atoms with Crippen LogP contribution in [0.1, 0.15) is 16.7 Å². The van der Waals surface area contributed by atoms with Crippen LogP contribution >= 0.6 is 0 Å². The standard InChI is InChI=1S/C45H25F3N4/c46-45(47,48)31-19-20-32(30(24-31)27-50)37-23-28(26-49)17-21-43(37)52-42-16-8-4-12-36(42)38-25-29(18-22-44(38)52)33-9-1-5-13-39(33)51-40-14-6-2-10-34(40)35-11-3-7-15-41(35)51/h1-25H. The fourth-order valence-corrected chi connectivity index (χ4v) is 7.56.